The van der Waals surface area contributed by atoms with Crippen LogP contribution in [0, 0.1) is 10.1 Å². The zero-order chi connectivity index (χ0) is 25.9. The van der Waals surface area contributed by atoms with Crippen LogP contribution >= 0.6 is 0 Å². The molecule has 4 aromatic carbocycles. The van der Waals surface area contributed by atoms with Crippen LogP contribution in [0.1, 0.15) is 34.3 Å². The maximum atomic E-state index is 11.6. The number of nitro benzene ring substituents is 1. The van der Waals surface area contributed by atoms with Crippen LogP contribution in [-0.2, 0) is 9.47 Å². The van der Waals surface area contributed by atoms with E-state index in [9.17, 15) is 10.1 Å². The molecule has 188 valence electrons. The smallest absolute Gasteiger partial charge is 0.270 e. The van der Waals surface area contributed by atoms with Gasteiger partial charge in [0, 0.05) is 12.1 Å². The Hall–Kier alpha value is -4.98. The summed E-state index contributed by atoms with van der Waals surface area (Å²) in [7, 11) is 0. The molecule has 0 fully saturated rings. The van der Waals surface area contributed by atoms with Gasteiger partial charge in [-0.05, 0) is 29.3 Å². The van der Waals surface area contributed by atoms with Gasteiger partial charge in [0.05, 0.1) is 27.4 Å². The van der Waals surface area contributed by atoms with E-state index in [4.69, 9.17) is 19.5 Å². The third-order valence-electron chi connectivity index (χ3n) is 6.54. The van der Waals surface area contributed by atoms with Crippen LogP contribution in [0.3, 0.4) is 0 Å². The van der Waals surface area contributed by atoms with Gasteiger partial charge in [-0.25, -0.2) is 9.98 Å². The van der Waals surface area contributed by atoms with Crippen LogP contribution < -0.4 is 5.32 Å². The number of aliphatic imine (C=N–C) groups is 2. The number of hydrogen-bond acceptors (Lipinski definition) is 7. The molecule has 0 saturated carbocycles. The molecule has 0 spiro atoms. The maximum Gasteiger partial charge on any atom is 0.270 e. The minimum Gasteiger partial charge on any atom is -0.475 e. The molecule has 2 atom stereocenters. The highest BCUT2D eigenvalue weighted by molar-refractivity contribution is 6.04. The second-order valence-corrected chi connectivity index (χ2v) is 9.00. The Morgan fingerprint density at radius 3 is 1.82 bits per heavy atom. The molecule has 0 aromatic heterocycles. The van der Waals surface area contributed by atoms with Crippen LogP contribution in [0.15, 0.2) is 113 Å². The summed E-state index contributed by atoms with van der Waals surface area (Å²) in [6.45, 7) is 0.825. The van der Waals surface area contributed by atoms with Crippen molar-refractivity contribution in [2.75, 3.05) is 18.5 Å². The van der Waals surface area contributed by atoms with Crippen LogP contribution in [0.25, 0.3) is 0 Å². The van der Waals surface area contributed by atoms with Crippen LogP contribution in [-0.4, -0.2) is 29.9 Å². The monoisotopic (exact) mass is 504 g/mol. The molecule has 1 N–H and O–H groups in total. The summed E-state index contributed by atoms with van der Waals surface area (Å²) in [6, 6.07) is 32.0. The number of hydrogen-bond donors (Lipinski definition) is 1. The molecule has 2 aliphatic heterocycles. The van der Waals surface area contributed by atoms with E-state index < -0.39 is 4.92 Å². The third-order valence-corrected chi connectivity index (χ3v) is 6.54. The van der Waals surface area contributed by atoms with E-state index in [0.717, 1.165) is 22.4 Å². The molecule has 0 saturated heterocycles. The second-order valence-electron chi connectivity index (χ2n) is 9.00. The first kappa shape index (κ1) is 23.4. The van der Waals surface area contributed by atoms with Crippen molar-refractivity contribution in [2.24, 2.45) is 9.98 Å². The van der Waals surface area contributed by atoms with Gasteiger partial charge in [-0.2, -0.15) is 0 Å². The van der Waals surface area contributed by atoms with Crippen molar-refractivity contribution >= 4 is 28.9 Å². The van der Waals surface area contributed by atoms with E-state index in [2.05, 4.69) is 5.32 Å². The van der Waals surface area contributed by atoms with Gasteiger partial charge in [0.1, 0.15) is 25.3 Å². The molecule has 8 heteroatoms. The van der Waals surface area contributed by atoms with Crippen molar-refractivity contribution in [3.8, 4) is 0 Å². The summed E-state index contributed by atoms with van der Waals surface area (Å²) in [4.78, 5) is 20.7. The quantitative estimate of drug-likeness (QED) is 0.233. The van der Waals surface area contributed by atoms with Gasteiger partial charge in [-0.3, -0.25) is 10.1 Å². The molecule has 2 heterocycles. The number of benzene rings is 4. The fourth-order valence-electron chi connectivity index (χ4n) is 4.59. The molecule has 0 aliphatic carbocycles. The van der Waals surface area contributed by atoms with Crippen LogP contribution in [0.5, 0.6) is 0 Å². The number of rotatable bonds is 7. The van der Waals surface area contributed by atoms with Crippen molar-refractivity contribution in [3.05, 3.63) is 135 Å². The van der Waals surface area contributed by atoms with Gasteiger partial charge >= 0.3 is 0 Å². The average Bonchev–Trinajstić information content (AvgIpc) is 3.65. The van der Waals surface area contributed by atoms with Crippen LogP contribution in [0.2, 0.25) is 0 Å². The average molecular weight is 505 g/mol. The summed E-state index contributed by atoms with van der Waals surface area (Å²) >= 11 is 0. The number of nitrogens with zero attached hydrogens (tertiary/aromatic N) is 3. The summed E-state index contributed by atoms with van der Waals surface area (Å²) in [5.41, 5.74) is 4.78. The lowest BCUT2D eigenvalue weighted by molar-refractivity contribution is -0.384. The Morgan fingerprint density at radius 2 is 1.21 bits per heavy atom. The highest BCUT2D eigenvalue weighted by Gasteiger charge is 2.27. The fraction of sp³-hybridized carbons (Fsp3) is 0.133. The Morgan fingerprint density at radius 1 is 0.684 bits per heavy atom. The van der Waals surface area contributed by atoms with E-state index in [0.29, 0.717) is 36.3 Å². The largest absolute Gasteiger partial charge is 0.475 e. The Bertz CT molecular complexity index is 1540. The Balaban J connectivity index is 1.34. The molecule has 8 nitrogen and oxygen atoms in total. The van der Waals surface area contributed by atoms with Gasteiger partial charge in [0.25, 0.3) is 5.69 Å². The first-order valence-corrected chi connectivity index (χ1v) is 12.3. The van der Waals surface area contributed by atoms with Crippen molar-refractivity contribution in [1.29, 1.82) is 0 Å². The summed E-state index contributed by atoms with van der Waals surface area (Å²) in [5.74, 6) is 0.908. The lowest BCUT2D eigenvalue weighted by Crippen LogP contribution is -2.09. The lowest BCUT2D eigenvalue weighted by atomic mass is 10.1. The molecule has 0 amide bonds. The highest BCUT2D eigenvalue weighted by Crippen LogP contribution is 2.33. The number of nitrogens with one attached hydrogen (secondary N) is 1. The molecular weight excluding hydrogens is 480 g/mol. The zero-order valence-corrected chi connectivity index (χ0v) is 20.4. The normalized spacial score (nSPS) is 18.2. The molecule has 4 aromatic rings. The molecule has 38 heavy (non-hydrogen) atoms. The van der Waals surface area contributed by atoms with Crippen molar-refractivity contribution in [1.82, 2.24) is 0 Å². The van der Waals surface area contributed by atoms with Gasteiger partial charge in [0.15, 0.2) is 0 Å². The third kappa shape index (κ3) is 4.71. The van der Waals surface area contributed by atoms with E-state index in [-0.39, 0.29) is 17.8 Å². The number of para-hydroxylation sites is 1. The summed E-state index contributed by atoms with van der Waals surface area (Å²) < 4.78 is 12.0. The Kier molecular flexibility index (Phi) is 6.27. The van der Waals surface area contributed by atoms with Crippen molar-refractivity contribution in [3.63, 3.8) is 0 Å². The molecule has 0 radical (unpaired) electrons. The first-order valence-electron chi connectivity index (χ1n) is 12.3. The number of nitro groups is 1. The molecule has 6 rings (SSSR count). The standard InChI is InChI=1S/C30H24N4O4/c35-34(36)22-15-16-26(24(17-22)30-33-28(19-38-30)21-11-5-2-6-12-21)31-25-14-8-7-13-23(25)29-32-27(18-37-29)20-9-3-1-4-10-20/h1-17,27-28,31H,18-19H2/t27-,28-/m0/s1. The van der Waals surface area contributed by atoms with Crippen LogP contribution in [0.4, 0.5) is 17.1 Å². The minimum atomic E-state index is -0.420. The topological polar surface area (TPSA) is 98.4 Å². The van der Waals surface area contributed by atoms with Crippen molar-refractivity contribution in [2.45, 2.75) is 12.1 Å². The summed E-state index contributed by atoms with van der Waals surface area (Å²) in [6.07, 6.45) is 0. The van der Waals surface area contributed by atoms with Gasteiger partial charge in [-0.1, -0.05) is 72.8 Å². The van der Waals surface area contributed by atoms with E-state index in [1.807, 2.05) is 84.9 Å². The SMILES string of the molecule is O=[N+]([O-])c1ccc(Nc2ccccc2C2=N[C@H](c3ccccc3)CO2)c(C2=N[C@H](c3ccccc3)CO2)c1. The van der Waals surface area contributed by atoms with Gasteiger partial charge in [0.2, 0.25) is 11.8 Å². The maximum absolute atomic E-state index is 11.6. The Labute approximate surface area is 219 Å². The van der Waals surface area contributed by atoms with E-state index >= 15 is 0 Å². The predicted molar refractivity (Wildman–Crippen MR) is 146 cm³/mol. The number of non-ortho nitro benzene ring substituents is 1. The predicted octanol–water partition coefficient (Wildman–Crippen LogP) is 6.37. The summed E-state index contributed by atoms with van der Waals surface area (Å²) in [5, 5.41) is 15.0. The van der Waals surface area contributed by atoms with Gasteiger partial charge in [-0.15, -0.1) is 0 Å². The lowest BCUT2D eigenvalue weighted by Gasteiger charge is -2.15. The molecule has 2 aliphatic rings. The first-order chi connectivity index (χ1) is 18.7. The minimum absolute atomic E-state index is 0.0394. The van der Waals surface area contributed by atoms with Crippen molar-refractivity contribution < 1.29 is 14.4 Å². The zero-order valence-electron chi connectivity index (χ0n) is 20.4. The molecular formula is C30H24N4O4. The highest BCUT2D eigenvalue weighted by atomic mass is 16.6. The van der Waals surface area contributed by atoms with E-state index in [1.54, 1.807) is 6.07 Å². The number of anilines is 2. The second kappa shape index (κ2) is 10.2. The molecule has 0 bridgehead atoms. The van der Waals surface area contributed by atoms with E-state index in [1.165, 1.54) is 12.1 Å². The molecule has 0 unspecified atom stereocenters. The van der Waals surface area contributed by atoms with Gasteiger partial charge < -0.3 is 14.8 Å². The number of ether oxygens (including phenoxy) is 2. The fourth-order valence-corrected chi connectivity index (χ4v) is 4.59.